The average Bonchev–Trinajstić information content (AvgIpc) is 2.71. The zero-order chi connectivity index (χ0) is 13.1. The normalized spacial score (nSPS) is 14.6. The fraction of sp³-hybridized carbons (Fsp3) is 0.273. The lowest BCUT2D eigenvalue weighted by Crippen LogP contribution is -2.19. The van der Waals surface area contributed by atoms with Crippen molar-refractivity contribution in [3.8, 4) is 0 Å². The van der Waals surface area contributed by atoms with Crippen LogP contribution in [-0.2, 0) is 9.53 Å². The van der Waals surface area contributed by atoms with Gasteiger partial charge in [0.15, 0.2) is 0 Å². The molecule has 0 aliphatic carbocycles. The molecule has 1 aliphatic rings. The van der Waals surface area contributed by atoms with Gasteiger partial charge in [0.1, 0.15) is 6.42 Å². The molecule has 1 aliphatic heterocycles. The molecule has 0 spiro atoms. The van der Waals surface area contributed by atoms with Crippen LogP contribution in [0, 0.1) is 10.1 Å². The number of nitrogens with zero attached hydrogens (tertiary/aromatic N) is 3. The molecule has 0 bridgehead atoms. The summed E-state index contributed by atoms with van der Waals surface area (Å²) < 4.78 is 5.16. The van der Waals surface area contributed by atoms with E-state index in [4.69, 9.17) is 4.74 Å². The maximum atomic E-state index is 11.7. The van der Waals surface area contributed by atoms with Crippen LogP contribution >= 0.6 is 0 Å². The minimum atomic E-state index is -0.517. The lowest BCUT2D eigenvalue weighted by Gasteiger charge is -2.10. The van der Waals surface area contributed by atoms with E-state index < -0.39 is 4.92 Å². The molecule has 1 amide bonds. The molecule has 1 aromatic rings. The topological polar surface area (TPSA) is 85.0 Å². The first-order valence-electron chi connectivity index (χ1n) is 5.39. The Kier molecular flexibility index (Phi) is 3.22. The number of hydrogen-bond donors (Lipinski definition) is 0. The van der Waals surface area contributed by atoms with Crippen LogP contribution < -0.4 is 5.01 Å². The number of carbonyl (C=O) groups excluding carboxylic acids is 1. The van der Waals surface area contributed by atoms with Crippen LogP contribution in [0.5, 0.6) is 0 Å². The van der Waals surface area contributed by atoms with Crippen LogP contribution in [0.25, 0.3) is 0 Å². The van der Waals surface area contributed by atoms with E-state index in [0.29, 0.717) is 18.2 Å². The van der Waals surface area contributed by atoms with Crippen molar-refractivity contribution in [2.24, 2.45) is 5.10 Å². The Morgan fingerprint density at radius 1 is 1.56 bits per heavy atom. The number of non-ortho nitro benzene ring substituents is 1. The Hall–Kier alpha value is -2.44. The van der Waals surface area contributed by atoms with E-state index in [1.54, 1.807) is 13.0 Å². The van der Waals surface area contributed by atoms with Gasteiger partial charge < -0.3 is 4.74 Å². The lowest BCUT2D eigenvalue weighted by molar-refractivity contribution is -0.384. The van der Waals surface area contributed by atoms with Crippen molar-refractivity contribution in [3.63, 3.8) is 0 Å². The molecule has 0 saturated heterocycles. The van der Waals surface area contributed by atoms with Gasteiger partial charge in [-0.05, 0) is 13.0 Å². The van der Waals surface area contributed by atoms with Crippen molar-refractivity contribution in [2.75, 3.05) is 11.6 Å². The van der Waals surface area contributed by atoms with E-state index >= 15 is 0 Å². The number of carbonyl (C=O) groups is 1. The maximum Gasteiger partial charge on any atom is 0.271 e. The van der Waals surface area contributed by atoms with Crippen molar-refractivity contribution in [1.29, 1.82) is 0 Å². The first kappa shape index (κ1) is 12.0. The highest BCUT2D eigenvalue weighted by Crippen LogP contribution is 2.24. The number of benzene rings is 1. The highest BCUT2D eigenvalue weighted by Gasteiger charge is 2.27. The number of hydrazone groups is 1. The summed E-state index contributed by atoms with van der Waals surface area (Å²) in [6, 6.07) is 5.76. The Morgan fingerprint density at radius 2 is 2.33 bits per heavy atom. The number of hydrogen-bond acceptors (Lipinski definition) is 5. The van der Waals surface area contributed by atoms with Gasteiger partial charge in [0.2, 0.25) is 5.90 Å². The van der Waals surface area contributed by atoms with Crippen molar-refractivity contribution in [2.45, 2.75) is 13.3 Å². The van der Waals surface area contributed by atoms with E-state index in [2.05, 4.69) is 5.10 Å². The zero-order valence-electron chi connectivity index (χ0n) is 9.70. The monoisotopic (exact) mass is 249 g/mol. The summed E-state index contributed by atoms with van der Waals surface area (Å²) in [5, 5.41) is 15.8. The van der Waals surface area contributed by atoms with E-state index in [1.807, 2.05) is 0 Å². The Labute approximate surface area is 103 Å². The minimum absolute atomic E-state index is 0.0799. The van der Waals surface area contributed by atoms with Gasteiger partial charge in [-0.3, -0.25) is 14.9 Å². The van der Waals surface area contributed by atoms with E-state index in [0.717, 1.165) is 5.01 Å². The van der Waals surface area contributed by atoms with Gasteiger partial charge in [0, 0.05) is 12.1 Å². The van der Waals surface area contributed by atoms with Gasteiger partial charge in [-0.15, -0.1) is 5.10 Å². The Morgan fingerprint density at radius 3 is 3.00 bits per heavy atom. The predicted octanol–water partition coefficient (Wildman–Crippen LogP) is 1.68. The third kappa shape index (κ3) is 2.29. The van der Waals surface area contributed by atoms with Crippen LogP contribution in [0.2, 0.25) is 0 Å². The molecular weight excluding hydrogens is 238 g/mol. The van der Waals surface area contributed by atoms with Gasteiger partial charge in [-0.2, -0.15) is 5.01 Å². The summed E-state index contributed by atoms with van der Waals surface area (Å²) in [6.07, 6.45) is 0.0799. The molecule has 0 radical (unpaired) electrons. The summed E-state index contributed by atoms with van der Waals surface area (Å²) in [6.45, 7) is 2.22. The quantitative estimate of drug-likeness (QED) is 0.602. The standard InChI is InChI=1S/C11H11N3O4/c1-2-18-10-7-11(15)13(12-10)8-4-3-5-9(6-8)14(16)17/h3-6H,2,7H2,1H3. The molecule has 7 nitrogen and oxygen atoms in total. The highest BCUT2D eigenvalue weighted by molar-refractivity contribution is 6.10. The summed E-state index contributed by atoms with van der Waals surface area (Å²) in [4.78, 5) is 21.8. The number of nitro benzene ring substituents is 1. The average molecular weight is 249 g/mol. The summed E-state index contributed by atoms with van der Waals surface area (Å²) in [5.74, 6) is 0.0629. The summed E-state index contributed by atoms with van der Waals surface area (Å²) in [7, 11) is 0. The second-order valence-electron chi connectivity index (χ2n) is 3.59. The Balaban J connectivity index is 2.28. The lowest BCUT2D eigenvalue weighted by atomic mass is 10.2. The van der Waals surface area contributed by atoms with Gasteiger partial charge in [0.05, 0.1) is 17.2 Å². The van der Waals surface area contributed by atoms with E-state index in [-0.39, 0.29) is 18.0 Å². The number of anilines is 1. The molecule has 0 N–H and O–H groups in total. The van der Waals surface area contributed by atoms with Crippen LogP contribution in [-0.4, -0.2) is 23.3 Å². The van der Waals surface area contributed by atoms with Crippen LogP contribution in [0.3, 0.4) is 0 Å². The third-order valence-corrected chi connectivity index (χ3v) is 2.35. The molecule has 2 rings (SSSR count). The van der Waals surface area contributed by atoms with Crippen LogP contribution in [0.4, 0.5) is 11.4 Å². The Bertz CT molecular complexity index is 527. The molecule has 1 heterocycles. The second-order valence-corrected chi connectivity index (χ2v) is 3.59. The SMILES string of the molecule is CCOC1=NN(c2cccc([N+](=O)[O-])c2)C(=O)C1. The highest BCUT2D eigenvalue weighted by atomic mass is 16.6. The molecule has 1 aromatic carbocycles. The van der Waals surface area contributed by atoms with Crippen molar-refractivity contribution < 1.29 is 14.5 Å². The second kappa shape index (κ2) is 4.82. The van der Waals surface area contributed by atoms with Gasteiger partial charge in [0.25, 0.3) is 11.6 Å². The molecule has 0 fully saturated rings. The first-order chi connectivity index (χ1) is 8.61. The van der Waals surface area contributed by atoms with Crippen molar-refractivity contribution >= 4 is 23.2 Å². The van der Waals surface area contributed by atoms with Gasteiger partial charge in [-0.1, -0.05) is 6.07 Å². The fourth-order valence-corrected chi connectivity index (χ4v) is 1.59. The molecular formula is C11H11N3O4. The summed E-state index contributed by atoms with van der Waals surface area (Å²) in [5.41, 5.74) is 0.282. The number of rotatable bonds is 3. The molecule has 7 heteroatoms. The van der Waals surface area contributed by atoms with Gasteiger partial charge >= 0.3 is 0 Å². The largest absolute Gasteiger partial charge is 0.480 e. The van der Waals surface area contributed by atoms with Crippen LogP contribution in [0.1, 0.15) is 13.3 Å². The van der Waals surface area contributed by atoms with Crippen molar-refractivity contribution in [3.05, 3.63) is 34.4 Å². The predicted molar refractivity (Wildman–Crippen MR) is 64.3 cm³/mol. The summed E-state index contributed by atoms with van der Waals surface area (Å²) >= 11 is 0. The molecule has 18 heavy (non-hydrogen) atoms. The smallest absolute Gasteiger partial charge is 0.271 e. The zero-order valence-corrected chi connectivity index (χ0v) is 9.70. The minimum Gasteiger partial charge on any atom is -0.480 e. The third-order valence-electron chi connectivity index (χ3n) is 2.35. The van der Waals surface area contributed by atoms with Crippen LogP contribution in [0.15, 0.2) is 29.4 Å². The van der Waals surface area contributed by atoms with Crippen molar-refractivity contribution in [1.82, 2.24) is 0 Å². The molecule has 0 aromatic heterocycles. The molecule has 0 saturated carbocycles. The molecule has 94 valence electrons. The fourth-order valence-electron chi connectivity index (χ4n) is 1.59. The maximum absolute atomic E-state index is 11.7. The number of nitro groups is 1. The molecule has 0 unspecified atom stereocenters. The number of ether oxygens (including phenoxy) is 1. The first-order valence-corrected chi connectivity index (χ1v) is 5.39. The van der Waals surface area contributed by atoms with E-state index in [9.17, 15) is 14.9 Å². The number of amides is 1. The van der Waals surface area contributed by atoms with Gasteiger partial charge in [-0.25, -0.2) is 0 Å². The molecule has 0 atom stereocenters. The van der Waals surface area contributed by atoms with E-state index in [1.165, 1.54) is 18.2 Å².